The Balaban J connectivity index is 0.747. The van der Waals surface area contributed by atoms with Crippen LogP contribution >= 0.6 is 23.2 Å². The number of benzene rings is 2. The highest BCUT2D eigenvalue weighted by atomic mass is 35.5. The minimum atomic E-state index is -1.03. The third kappa shape index (κ3) is 10.7. The van der Waals surface area contributed by atoms with Crippen molar-refractivity contribution in [2.75, 3.05) is 50.4 Å². The Morgan fingerprint density at radius 1 is 0.922 bits per heavy atom. The molecular weight excluding hydrogens is 870 g/mol. The van der Waals surface area contributed by atoms with Gasteiger partial charge in [0.1, 0.15) is 11.9 Å². The molecule has 64 heavy (non-hydrogen) atoms. The summed E-state index contributed by atoms with van der Waals surface area (Å²) in [5.41, 5.74) is 9.01. The zero-order valence-corrected chi connectivity index (χ0v) is 36.5. The van der Waals surface area contributed by atoms with Crippen LogP contribution in [0.15, 0.2) is 55.0 Å². The van der Waals surface area contributed by atoms with Gasteiger partial charge in [-0.05, 0) is 80.8 Å². The standard InChI is InChI=1S/C44H49Cl2FN10O7/c45-31-9-10-32(47)39(46)29(31)15-21-64-35-22-26(23-52-40(35)48)27-24-53-56(25-27)28-13-19-55(20-14-28)37(59)8-1-2-17-50-44(63)51-18-4-3-16-49-33-7-5-6-30-38(33)43(62)57(42(30)61)34-11-12-36(58)54-41(34)60/h5-7,9-10,22-25,28,34,49H,1-4,8,11-21H2,(H2,48,52)(H2,50,51,63)(H,54,58,60)/t34-/m1/s1. The van der Waals surface area contributed by atoms with Crippen LogP contribution in [-0.2, 0) is 20.8 Å². The molecule has 20 heteroatoms. The lowest BCUT2D eigenvalue weighted by molar-refractivity contribution is -0.136. The van der Waals surface area contributed by atoms with E-state index in [1.54, 1.807) is 36.7 Å². The number of pyridine rings is 1. The van der Waals surface area contributed by atoms with E-state index >= 15 is 0 Å². The number of nitrogens with two attached hydrogens (primary N) is 1. The smallest absolute Gasteiger partial charge is 0.314 e. The lowest BCUT2D eigenvalue weighted by Gasteiger charge is -2.32. The predicted molar refractivity (Wildman–Crippen MR) is 236 cm³/mol. The van der Waals surface area contributed by atoms with E-state index in [4.69, 9.17) is 33.7 Å². The van der Waals surface area contributed by atoms with Crippen molar-refractivity contribution in [1.82, 2.24) is 40.5 Å². The molecule has 338 valence electrons. The Kier molecular flexibility index (Phi) is 15.0. The molecule has 2 aromatic carbocycles. The third-order valence-electron chi connectivity index (χ3n) is 11.5. The number of nitrogens with zero attached hydrogens (tertiary/aromatic N) is 5. The number of hydrogen-bond acceptors (Lipinski definition) is 11. The second-order valence-electron chi connectivity index (χ2n) is 15.8. The second-order valence-corrected chi connectivity index (χ2v) is 16.6. The molecular formula is C44H49Cl2FN10O7. The molecule has 0 bridgehead atoms. The third-order valence-corrected chi connectivity index (χ3v) is 12.3. The fourth-order valence-electron chi connectivity index (χ4n) is 8.02. The van der Waals surface area contributed by atoms with Crippen LogP contribution in [0.3, 0.4) is 0 Å². The van der Waals surface area contributed by atoms with E-state index in [0.29, 0.717) is 86.9 Å². The predicted octanol–water partition coefficient (Wildman–Crippen LogP) is 5.52. The summed E-state index contributed by atoms with van der Waals surface area (Å²) < 4.78 is 21.7. The molecule has 2 saturated heterocycles. The zero-order valence-electron chi connectivity index (χ0n) is 35.0. The maximum Gasteiger partial charge on any atom is 0.314 e. The molecule has 7 amide bonds. The number of likely N-dealkylation sites (tertiary alicyclic amines) is 1. The highest BCUT2D eigenvalue weighted by Gasteiger charge is 2.45. The number of rotatable bonds is 18. The second kappa shape index (κ2) is 20.9. The van der Waals surface area contributed by atoms with E-state index in [0.717, 1.165) is 28.9 Å². The Bertz CT molecular complexity index is 2430. The Hall–Kier alpha value is -6.27. The van der Waals surface area contributed by atoms with Crippen LogP contribution in [-0.4, -0.2) is 106 Å². The average Bonchev–Trinajstić information content (AvgIpc) is 3.88. The number of amides is 7. The number of imide groups is 2. The lowest BCUT2D eigenvalue weighted by Crippen LogP contribution is -2.54. The van der Waals surface area contributed by atoms with Gasteiger partial charge in [0.25, 0.3) is 11.8 Å². The minimum absolute atomic E-state index is 0.0372. The first-order valence-electron chi connectivity index (χ1n) is 21.3. The molecule has 2 fully saturated rings. The molecule has 0 saturated carbocycles. The first-order valence-corrected chi connectivity index (χ1v) is 22.1. The summed E-state index contributed by atoms with van der Waals surface area (Å²) in [5, 5.41) is 16.0. The first kappa shape index (κ1) is 45.7. The van der Waals surface area contributed by atoms with Crippen LogP contribution < -0.4 is 31.7 Å². The minimum Gasteiger partial charge on any atom is -0.489 e. The fraction of sp³-hybridized carbons (Fsp3) is 0.409. The quantitative estimate of drug-likeness (QED) is 0.0475. The van der Waals surface area contributed by atoms with Crippen LogP contribution in [0.25, 0.3) is 11.1 Å². The number of ether oxygens (including phenoxy) is 1. The molecule has 4 aromatic rings. The van der Waals surface area contributed by atoms with Gasteiger partial charge in [0.15, 0.2) is 11.6 Å². The number of piperidine rings is 2. The number of anilines is 2. The Morgan fingerprint density at radius 2 is 1.67 bits per heavy atom. The van der Waals surface area contributed by atoms with Gasteiger partial charge in [-0.3, -0.25) is 38.9 Å². The number of aromatic nitrogens is 3. The van der Waals surface area contributed by atoms with Crippen molar-refractivity contribution in [1.29, 1.82) is 0 Å². The first-order chi connectivity index (χ1) is 30.9. The summed E-state index contributed by atoms with van der Waals surface area (Å²) in [6.45, 7) is 2.72. The number of urea groups is 1. The normalized spacial score (nSPS) is 16.5. The number of nitrogen functional groups attached to an aromatic ring is 1. The number of unbranched alkanes of at least 4 members (excludes halogenated alkanes) is 2. The van der Waals surface area contributed by atoms with Crippen molar-refractivity contribution in [3.8, 4) is 16.9 Å². The SMILES string of the molecule is Nc1ncc(-c2cnn(C3CCN(C(=O)CCCCNC(=O)NCCCCNc4cccc5c4C(=O)N([C@@H]4CCC(=O)NC4=O)C5=O)CC3)c2)cc1OCCc1c(Cl)ccc(F)c1Cl. The van der Waals surface area contributed by atoms with Crippen molar-refractivity contribution >= 4 is 70.3 Å². The summed E-state index contributed by atoms with van der Waals surface area (Å²) in [7, 11) is 0. The van der Waals surface area contributed by atoms with Gasteiger partial charge in [-0.2, -0.15) is 5.10 Å². The largest absolute Gasteiger partial charge is 0.489 e. The molecule has 0 unspecified atom stereocenters. The molecule has 0 radical (unpaired) electrons. The van der Waals surface area contributed by atoms with Crippen molar-refractivity contribution in [3.05, 3.63) is 87.5 Å². The number of halogens is 3. The maximum absolute atomic E-state index is 13.9. The summed E-state index contributed by atoms with van der Waals surface area (Å²) >= 11 is 12.3. The number of fused-ring (bicyclic) bond motifs is 1. The van der Waals surface area contributed by atoms with E-state index in [9.17, 15) is 33.2 Å². The number of carbonyl (C=O) groups is 6. The van der Waals surface area contributed by atoms with Crippen molar-refractivity contribution in [3.63, 3.8) is 0 Å². The van der Waals surface area contributed by atoms with Crippen molar-refractivity contribution < 1.29 is 37.9 Å². The van der Waals surface area contributed by atoms with Gasteiger partial charge in [0.05, 0.1) is 35.0 Å². The highest BCUT2D eigenvalue weighted by molar-refractivity contribution is 6.36. The fourth-order valence-corrected chi connectivity index (χ4v) is 8.58. The molecule has 0 spiro atoms. The van der Waals surface area contributed by atoms with Crippen LogP contribution in [0, 0.1) is 5.82 Å². The van der Waals surface area contributed by atoms with Crippen LogP contribution in [0.4, 0.5) is 20.7 Å². The molecule has 2 aromatic heterocycles. The number of nitrogens with one attached hydrogen (secondary N) is 4. The van der Waals surface area contributed by atoms with E-state index in [1.807, 2.05) is 15.8 Å². The molecule has 3 aliphatic heterocycles. The summed E-state index contributed by atoms with van der Waals surface area (Å²) in [6.07, 6.45) is 10.3. The van der Waals surface area contributed by atoms with Gasteiger partial charge in [-0.25, -0.2) is 14.2 Å². The van der Waals surface area contributed by atoms with Crippen LogP contribution in [0.5, 0.6) is 5.75 Å². The lowest BCUT2D eigenvalue weighted by atomic mass is 10.0. The monoisotopic (exact) mass is 918 g/mol. The zero-order chi connectivity index (χ0) is 45.3. The van der Waals surface area contributed by atoms with E-state index < -0.39 is 35.5 Å². The van der Waals surface area contributed by atoms with E-state index in [1.165, 1.54) is 12.1 Å². The van der Waals surface area contributed by atoms with Crippen molar-refractivity contribution in [2.45, 2.75) is 76.3 Å². The van der Waals surface area contributed by atoms with E-state index in [2.05, 4.69) is 31.3 Å². The average molecular weight is 920 g/mol. The van der Waals surface area contributed by atoms with E-state index in [-0.39, 0.29) is 65.8 Å². The summed E-state index contributed by atoms with van der Waals surface area (Å²) in [5.74, 6) is -2.11. The molecule has 0 aliphatic carbocycles. The molecule has 17 nitrogen and oxygen atoms in total. The summed E-state index contributed by atoms with van der Waals surface area (Å²) in [6, 6.07) is 8.15. The number of carbonyl (C=O) groups excluding carboxylic acids is 6. The number of hydrogen-bond donors (Lipinski definition) is 5. The molecule has 6 N–H and O–H groups in total. The Morgan fingerprint density at radius 3 is 2.44 bits per heavy atom. The maximum atomic E-state index is 13.9. The van der Waals surface area contributed by atoms with Gasteiger partial charge < -0.3 is 31.3 Å². The Labute approximate surface area is 378 Å². The highest BCUT2D eigenvalue weighted by Crippen LogP contribution is 2.34. The molecule has 5 heterocycles. The van der Waals surface area contributed by atoms with Gasteiger partial charge >= 0.3 is 6.03 Å². The van der Waals surface area contributed by atoms with Gasteiger partial charge in [0.2, 0.25) is 17.7 Å². The molecule has 3 aliphatic rings. The summed E-state index contributed by atoms with van der Waals surface area (Å²) in [4.78, 5) is 82.7. The molecule has 1 atom stereocenters. The van der Waals surface area contributed by atoms with Crippen molar-refractivity contribution in [2.24, 2.45) is 0 Å². The van der Waals surface area contributed by atoms with Gasteiger partial charge in [-0.15, -0.1) is 0 Å². The van der Waals surface area contributed by atoms with Crippen LogP contribution in [0.2, 0.25) is 10.0 Å². The van der Waals surface area contributed by atoms with Crippen LogP contribution in [0.1, 0.15) is 90.1 Å². The molecule has 7 rings (SSSR count). The topological polar surface area (TPSA) is 223 Å². The van der Waals surface area contributed by atoms with Gasteiger partial charge in [0, 0.05) is 86.2 Å². The van der Waals surface area contributed by atoms with Gasteiger partial charge in [-0.1, -0.05) is 29.3 Å².